The smallest absolute Gasteiger partial charge is 0.223 e. The third-order valence-electron chi connectivity index (χ3n) is 7.31. The lowest BCUT2D eigenvalue weighted by molar-refractivity contribution is -0.122. The van der Waals surface area contributed by atoms with Gasteiger partial charge in [0.15, 0.2) is 5.65 Å². The van der Waals surface area contributed by atoms with Gasteiger partial charge in [-0.3, -0.25) is 9.48 Å². The first-order chi connectivity index (χ1) is 16.4. The zero-order valence-corrected chi connectivity index (χ0v) is 19.8. The third kappa shape index (κ3) is 3.27. The van der Waals surface area contributed by atoms with Crippen LogP contribution in [0.4, 0.5) is 11.5 Å². The number of H-pyrrole nitrogens is 1. The summed E-state index contributed by atoms with van der Waals surface area (Å²) in [5.74, 6) is 1.51. The van der Waals surface area contributed by atoms with Crippen molar-refractivity contribution in [1.82, 2.24) is 24.7 Å². The molecule has 2 bridgehead atoms. The largest absolute Gasteiger partial charge is 0.378 e. The Hall–Kier alpha value is -3.11. The van der Waals surface area contributed by atoms with Gasteiger partial charge in [-0.05, 0) is 25.2 Å². The summed E-state index contributed by atoms with van der Waals surface area (Å²) in [6.07, 6.45) is 6.79. The minimum absolute atomic E-state index is 0.119. The van der Waals surface area contributed by atoms with Gasteiger partial charge in [-0.2, -0.15) is 5.10 Å². The van der Waals surface area contributed by atoms with Gasteiger partial charge in [-0.15, -0.1) is 0 Å². The van der Waals surface area contributed by atoms with Crippen molar-refractivity contribution in [3.63, 3.8) is 0 Å². The van der Waals surface area contributed by atoms with Gasteiger partial charge in [0, 0.05) is 26.2 Å². The van der Waals surface area contributed by atoms with Gasteiger partial charge in [-0.25, -0.2) is 9.97 Å². The molecule has 0 radical (unpaired) electrons. The number of carbonyl (C=O) groups excluding carboxylic acids is 1. The lowest BCUT2D eigenvalue weighted by atomic mass is 9.88. The maximum atomic E-state index is 12.2. The molecule has 3 aromatic heterocycles. The van der Waals surface area contributed by atoms with Crippen LogP contribution in [-0.4, -0.2) is 63.0 Å². The van der Waals surface area contributed by atoms with Crippen LogP contribution in [0.15, 0.2) is 18.3 Å². The fourth-order valence-electron chi connectivity index (χ4n) is 5.83. The van der Waals surface area contributed by atoms with Gasteiger partial charge < -0.3 is 25.7 Å². The Bertz CT molecular complexity index is 1310. The number of aromatic nitrogens is 5. The molecule has 1 saturated carbocycles. The first-order valence-electron chi connectivity index (χ1n) is 11.6. The second-order valence-corrected chi connectivity index (χ2v) is 9.73. The van der Waals surface area contributed by atoms with Crippen LogP contribution in [0.25, 0.3) is 22.6 Å². The van der Waals surface area contributed by atoms with E-state index in [1.807, 2.05) is 18.7 Å². The van der Waals surface area contributed by atoms with Gasteiger partial charge in [0.1, 0.15) is 17.2 Å². The number of imidazole rings is 1. The molecule has 0 spiro atoms. The van der Waals surface area contributed by atoms with E-state index < -0.39 is 0 Å². The molecule has 34 heavy (non-hydrogen) atoms. The number of nitrogens with two attached hydrogens (primary N) is 1. The summed E-state index contributed by atoms with van der Waals surface area (Å²) in [7, 11) is 1.94. The van der Waals surface area contributed by atoms with Gasteiger partial charge in [0.05, 0.1) is 47.3 Å². The van der Waals surface area contributed by atoms with E-state index in [9.17, 15) is 4.79 Å². The highest BCUT2D eigenvalue weighted by atomic mass is 35.5. The Morgan fingerprint density at radius 1 is 1.29 bits per heavy atom. The first-order valence-corrected chi connectivity index (χ1v) is 11.9. The summed E-state index contributed by atoms with van der Waals surface area (Å²) in [6, 6.07) is -0.119. The lowest BCUT2D eigenvalue weighted by Crippen LogP contribution is -2.41. The zero-order chi connectivity index (χ0) is 23.6. The van der Waals surface area contributed by atoms with Crippen LogP contribution in [0.3, 0.4) is 0 Å². The molecule has 1 aliphatic heterocycles. The minimum atomic E-state index is -0.290. The number of hydrogen-bond acceptors (Lipinski definition) is 7. The van der Waals surface area contributed by atoms with Crippen LogP contribution < -0.4 is 16.0 Å². The minimum Gasteiger partial charge on any atom is -0.378 e. The number of fused-ring (bicyclic) bond motifs is 3. The molecule has 0 unspecified atom stereocenters. The number of morpholine rings is 1. The van der Waals surface area contributed by atoms with Gasteiger partial charge >= 0.3 is 0 Å². The summed E-state index contributed by atoms with van der Waals surface area (Å²) < 4.78 is 7.43. The highest BCUT2D eigenvalue weighted by Crippen LogP contribution is 2.46. The Labute approximate surface area is 201 Å². The number of anilines is 2. The van der Waals surface area contributed by atoms with E-state index in [4.69, 9.17) is 27.1 Å². The molecule has 10 nitrogen and oxygen atoms in total. The van der Waals surface area contributed by atoms with Crippen molar-refractivity contribution in [3.05, 3.63) is 29.1 Å². The molecule has 6 rings (SSSR count). The van der Waals surface area contributed by atoms with E-state index in [2.05, 4.69) is 37.4 Å². The monoisotopic (exact) mass is 482 g/mol. The zero-order valence-electron chi connectivity index (χ0n) is 19.1. The van der Waals surface area contributed by atoms with Crippen molar-refractivity contribution >= 4 is 40.2 Å². The molecule has 3 aliphatic rings. The highest BCUT2D eigenvalue weighted by Gasteiger charge is 2.47. The quantitative estimate of drug-likeness (QED) is 0.476. The van der Waals surface area contributed by atoms with Crippen molar-refractivity contribution < 1.29 is 9.53 Å². The number of pyridine rings is 1. The van der Waals surface area contributed by atoms with Gasteiger partial charge in [0.25, 0.3) is 0 Å². The predicted octanol–water partition coefficient (Wildman–Crippen LogP) is 2.24. The second kappa shape index (κ2) is 7.99. The van der Waals surface area contributed by atoms with Crippen LogP contribution in [0, 0.1) is 24.7 Å². The predicted molar refractivity (Wildman–Crippen MR) is 130 cm³/mol. The summed E-state index contributed by atoms with van der Waals surface area (Å²) in [5, 5.41) is 8.67. The van der Waals surface area contributed by atoms with Crippen LogP contribution in [0.5, 0.6) is 0 Å². The van der Waals surface area contributed by atoms with E-state index in [0.29, 0.717) is 40.9 Å². The number of amides is 1. The maximum absolute atomic E-state index is 12.2. The fraction of sp³-hybridized carbons (Fsp3) is 0.478. The van der Waals surface area contributed by atoms with Gasteiger partial charge in [0.2, 0.25) is 5.91 Å². The number of aryl methyl sites for hydroxylation is 2. The summed E-state index contributed by atoms with van der Waals surface area (Å²) in [4.78, 5) is 27.2. The number of nitrogens with one attached hydrogen (secondary N) is 2. The molecule has 4 heterocycles. The Morgan fingerprint density at radius 2 is 2.06 bits per heavy atom. The van der Waals surface area contributed by atoms with E-state index in [1.165, 1.54) is 0 Å². The molecule has 2 aliphatic carbocycles. The van der Waals surface area contributed by atoms with E-state index in [-0.39, 0.29) is 29.7 Å². The topological polar surface area (TPSA) is 127 Å². The Balaban J connectivity index is 1.42. The number of hydrogen-bond donors (Lipinski definition) is 3. The Kier molecular flexibility index (Phi) is 5.03. The molecule has 1 saturated heterocycles. The lowest BCUT2D eigenvalue weighted by Gasteiger charge is -2.29. The maximum Gasteiger partial charge on any atom is 0.223 e. The molecule has 4 N–H and O–H groups in total. The summed E-state index contributed by atoms with van der Waals surface area (Å²) in [6.45, 7) is 4.90. The molecule has 178 valence electrons. The number of carbonyl (C=O) groups is 1. The summed E-state index contributed by atoms with van der Waals surface area (Å²) >= 11 is 6.61. The molecule has 11 heteroatoms. The van der Waals surface area contributed by atoms with Crippen LogP contribution >= 0.6 is 11.6 Å². The normalized spacial score (nSPS) is 26.0. The number of nitrogens with zero attached hydrogens (tertiary/aromatic N) is 5. The van der Waals surface area contributed by atoms with Crippen molar-refractivity contribution in [2.45, 2.75) is 19.4 Å². The molecule has 1 amide bonds. The summed E-state index contributed by atoms with van der Waals surface area (Å²) in [5.41, 5.74) is 9.51. The van der Waals surface area contributed by atoms with Crippen molar-refractivity contribution in [3.8, 4) is 11.4 Å². The van der Waals surface area contributed by atoms with E-state index in [0.717, 1.165) is 36.6 Å². The molecule has 0 aromatic carbocycles. The number of halogens is 1. The standard InChI is InChI=1S/C23H27ClN8O2/c1-11-15(23(31(2)30-11)32-5-7-34-8-6-32)21-28-19-18(14(24)10-26-22(19)29-21)27-17-13-4-3-12(9-13)16(17)20(25)33/h3-4,10,12-13,16-17H,5-9H2,1-2H3,(H2,25,33)(H2,26,27,28,29)/t12-,13-,16+,17-/m1/s1. The molecular weight excluding hydrogens is 456 g/mol. The number of allylic oxidation sites excluding steroid dienone is 1. The fourth-order valence-corrected chi connectivity index (χ4v) is 6.03. The average molecular weight is 483 g/mol. The van der Waals surface area contributed by atoms with Crippen LogP contribution in [0.2, 0.25) is 5.02 Å². The van der Waals surface area contributed by atoms with E-state index >= 15 is 0 Å². The third-order valence-corrected chi connectivity index (χ3v) is 7.60. The van der Waals surface area contributed by atoms with Crippen molar-refractivity contribution in [2.75, 3.05) is 36.5 Å². The van der Waals surface area contributed by atoms with Gasteiger partial charge in [-0.1, -0.05) is 23.8 Å². The number of aromatic amines is 1. The van der Waals surface area contributed by atoms with Crippen molar-refractivity contribution in [1.29, 1.82) is 0 Å². The second-order valence-electron chi connectivity index (χ2n) is 9.32. The average Bonchev–Trinajstić information content (AvgIpc) is 3.58. The van der Waals surface area contributed by atoms with E-state index in [1.54, 1.807) is 6.20 Å². The first kappa shape index (κ1) is 21.4. The van der Waals surface area contributed by atoms with Crippen LogP contribution in [0.1, 0.15) is 12.1 Å². The number of ether oxygens (including phenoxy) is 1. The highest BCUT2D eigenvalue weighted by molar-refractivity contribution is 6.34. The molecule has 2 fully saturated rings. The van der Waals surface area contributed by atoms with Crippen LogP contribution in [-0.2, 0) is 16.6 Å². The molecule has 3 aromatic rings. The number of rotatable bonds is 5. The Morgan fingerprint density at radius 3 is 2.82 bits per heavy atom. The number of primary amides is 1. The van der Waals surface area contributed by atoms with Crippen molar-refractivity contribution in [2.24, 2.45) is 30.5 Å². The SMILES string of the molecule is Cc1nn(C)c(N2CCOCC2)c1-c1nc2ncc(Cl)c(N[C@H]3[C@@H](C(N)=O)[C@@H]4C=C[C@@H]3C4)c2[nH]1. The molecule has 4 atom stereocenters. The molecular formula is C23H27ClN8O2.